The number of aromatic nitrogens is 1. The van der Waals surface area contributed by atoms with Crippen LogP contribution >= 0.6 is 0 Å². The second-order valence-electron chi connectivity index (χ2n) is 5.70. The van der Waals surface area contributed by atoms with Crippen LogP contribution in [0.3, 0.4) is 0 Å². The van der Waals surface area contributed by atoms with Crippen molar-refractivity contribution >= 4 is 5.69 Å². The lowest BCUT2D eigenvalue weighted by Crippen LogP contribution is -2.10. The molecule has 0 radical (unpaired) electrons. The summed E-state index contributed by atoms with van der Waals surface area (Å²) in [6.07, 6.45) is 1.76. The van der Waals surface area contributed by atoms with Gasteiger partial charge >= 0.3 is 0 Å². The summed E-state index contributed by atoms with van der Waals surface area (Å²) in [6, 6.07) is 10.4. The molecule has 1 heterocycles. The van der Waals surface area contributed by atoms with Gasteiger partial charge in [-0.05, 0) is 29.5 Å². The third kappa shape index (κ3) is 2.37. The molecule has 2 aromatic rings. The smallest absolute Gasteiger partial charge is 0.0751 e. The molecule has 0 saturated heterocycles. The first kappa shape index (κ1) is 12.6. The highest BCUT2D eigenvalue weighted by Crippen LogP contribution is 2.28. The third-order valence-electron chi connectivity index (χ3n) is 3.27. The molecule has 0 aliphatic carbocycles. The van der Waals surface area contributed by atoms with Gasteiger partial charge in [0.25, 0.3) is 0 Å². The first-order valence-electron chi connectivity index (χ1n) is 6.21. The SMILES string of the molecule is Cc1c(N)ccnc1-c1ccc(C(C)(C)C)cc1. The Labute approximate surface area is 109 Å². The molecule has 0 atom stereocenters. The lowest BCUT2D eigenvalue weighted by molar-refractivity contribution is 0.590. The Morgan fingerprint density at radius 1 is 1.00 bits per heavy atom. The Morgan fingerprint density at radius 3 is 2.17 bits per heavy atom. The molecule has 1 aromatic carbocycles. The van der Waals surface area contributed by atoms with E-state index in [2.05, 4.69) is 50.0 Å². The molecule has 2 rings (SSSR count). The molecule has 0 spiro atoms. The number of rotatable bonds is 1. The van der Waals surface area contributed by atoms with E-state index in [4.69, 9.17) is 5.73 Å². The summed E-state index contributed by atoms with van der Waals surface area (Å²) in [4.78, 5) is 4.42. The van der Waals surface area contributed by atoms with Gasteiger partial charge in [-0.15, -0.1) is 0 Å². The summed E-state index contributed by atoms with van der Waals surface area (Å²) in [5.74, 6) is 0. The summed E-state index contributed by atoms with van der Waals surface area (Å²) in [7, 11) is 0. The number of pyridine rings is 1. The molecule has 0 unspecified atom stereocenters. The van der Waals surface area contributed by atoms with E-state index >= 15 is 0 Å². The Kier molecular flexibility index (Phi) is 3.12. The molecule has 0 amide bonds. The lowest BCUT2D eigenvalue weighted by atomic mass is 9.86. The number of nitrogens with two attached hydrogens (primary N) is 1. The number of hydrogen-bond acceptors (Lipinski definition) is 2. The number of hydrogen-bond donors (Lipinski definition) is 1. The highest BCUT2D eigenvalue weighted by Gasteiger charge is 2.13. The highest BCUT2D eigenvalue weighted by atomic mass is 14.7. The van der Waals surface area contributed by atoms with Gasteiger partial charge in [-0.3, -0.25) is 4.98 Å². The summed E-state index contributed by atoms with van der Waals surface area (Å²) < 4.78 is 0. The molecule has 0 aliphatic heterocycles. The zero-order valence-corrected chi connectivity index (χ0v) is 11.5. The van der Waals surface area contributed by atoms with Crippen LogP contribution in [0.4, 0.5) is 5.69 Å². The summed E-state index contributed by atoms with van der Waals surface area (Å²) >= 11 is 0. The van der Waals surface area contributed by atoms with E-state index in [1.165, 1.54) is 5.56 Å². The van der Waals surface area contributed by atoms with Crippen molar-refractivity contribution < 1.29 is 0 Å². The van der Waals surface area contributed by atoms with Crippen molar-refractivity contribution in [1.82, 2.24) is 4.98 Å². The van der Waals surface area contributed by atoms with E-state index in [0.717, 1.165) is 22.5 Å². The monoisotopic (exact) mass is 240 g/mol. The van der Waals surface area contributed by atoms with E-state index in [1.807, 2.05) is 13.0 Å². The van der Waals surface area contributed by atoms with E-state index in [1.54, 1.807) is 6.20 Å². The van der Waals surface area contributed by atoms with E-state index < -0.39 is 0 Å². The van der Waals surface area contributed by atoms with Crippen LogP contribution in [0.25, 0.3) is 11.3 Å². The standard InChI is InChI=1S/C16H20N2/c1-11-14(17)9-10-18-15(11)12-5-7-13(8-6-12)16(2,3)4/h5-10H,1-4H3,(H2,17,18). The molecule has 2 N–H and O–H groups in total. The van der Waals surface area contributed by atoms with E-state index in [-0.39, 0.29) is 5.41 Å². The van der Waals surface area contributed by atoms with Crippen LogP contribution in [0.2, 0.25) is 0 Å². The van der Waals surface area contributed by atoms with Gasteiger partial charge in [-0.25, -0.2) is 0 Å². The van der Waals surface area contributed by atoms with Crippen molar-refractivity contribution in [1.29, 1.82) is 0 Å². The van der Waals surface area contributed by atoms with Crippen LogP contribution in [0, 0.1) is 6.92 Å². The average Bonchev–Trinajstić information content (AvgIpc) is 2.32. The van der Waals surface area contributed by atoms with Crippen molar-refractivity contribution in [3.8, 4) is 11.3 Å². The van der Waals surface area contributed by atoms with Gasteiger partial charge in [-0.1, -0.05) is 45.0 Å². The molecule has 18 heavy (non-hydrogen) atoms. The molecular weight excluding hydrogens is 220 g/mol. The fourth-order valence-electron chi connectivity index (χ4n) is 1.97. The quantitative estimate of drug-likeness (QED) is 0.820. The van der Waals surface area contributed by atoms with Gasteiger partial charge in [0.2, 0.25) is 0 Å². The van der Waals surface area contributed by atoms with Crippen LogP contribution in [-0.2, 0) is 5.41 Å². The van der Waals surface area contributed by atoms with Crippen LogP contribution in [0.5, 0.6) is 0 Å². The molecule has 0 fully saturated rings. The first-order chi connectivity index (χ1) is 8.39. The molecule has 0 aliphatic rings. The first-order valence-corrected chi connectivity index (χ1v) is 6.21. The van der Waals surface area contributed by atoms with Crippen molar-refractivity contribution in [2.24, 2.45) is 0 Å². The van der Waals surface area contributed by atoms with Crippen LogP contribution < -0.4 is 5.73 Å². The maximum Gasteiger partial charge on any atom is 0.0751 e. The topological polar surface area (TPSA) is 38.9 Å². The number of nitrogens with zero attached hydrogens (tertiary/aromatic N) is 1. The molecule has 2 heteroatoms. The van der Waals surface area contributed by atoms with Crippen LogP contribution in [0.15, 0.2) is 36.5 Å². The Morgan fingerprint density at radius 2 is 1.61 bits per heavy atom. The van der Waals surface area contributed by atoms with Gasteiger partial charge in [-0.2, -0.15) is 0 Å². The van der Waals surface area contributed by atoms with Crippen molar-refractivity contribution in [3.63, 3.8) is 0 Å². The van der Waals surface area contributed by atoms with Gasteiger partial charge in [0, 0.05) is 17.4 Å². The maximum absolute atomic E-state index is 5.92. The van der Waals surface area contributed by atoms with Crippen molar-refractivity contribution in [2.45, 2.75) is 33.1 Å². The molecular formula is C16H20N2. The second-order valence-corrected chi connectivity index (χ2v) is 5.70. The molecule has 94 valence electrons. The summed E-state index contributed by atoms with van der Waals surface area (Å²) in [5, 5.41) is 0. The Balaban J connectivity index is 2.44. The minimum atomic E-state index is 0.177. The Bertz CT molecular complexity index is 548. The molecule has 1 aromatic heterocycles. The fourth-order valence-corrected chi connectivity index (χ4v) is 1.97. The highest BCUT2D eigenvalue weighted by molar-refractivity contribution is 5.68. The van der Waals surface area contributed by atoms with Gasteiger partial charge in [0.05, 0.1) is 5.69 Å². The van der Waals surface area contributed by atoms with Crippen molar-refractivity contribution in [3.05, 3.63) is 47.7 Å². The van der Waals surface area contributed by atoms with Crippen LogP contribution in [-0.4, -0.2) is 4.98 Å². The number of benzene rings is 1. The molecule has 2 nitrogen and oxygen atoms in total. The van der Waals surface area contributed by atoms with Gasteiger partial charge < -0.3 is 5.73 Å². The van der Waals surface area contributed by atoms with Gasteiger partial charge in [0.15, 0.2) is 0 Å². The third-order valence-corrected chi connectivity index (χ3v) is 3.27. The largest absolute Gasteiger partial charge is 0.398 e. The number of nitrogen functional groups attached to an aromatic ring is 1. The predicted molar refractivity (Wildman–Crippen MR) is 77.5 cm³/mol. The number of anilines is 1. The molecule has 0 bridgehead atoms. The van der Waals surface area contributed by atoms with E-state index in [9.17, 15) is 0 Å². The van der Waals surface area contributed by atoms with Gasteiger partial charge in [0.1, 0.15) is 0 Å². The summed E-state index contributed by atoms with van der Waals surface area (Å²) in [6.45, 7) is 8.65. The minimum absolute atomic E-state index is 0.177. The minimum Gasteiger partial charge on any atom is -0.398 e. The average molecular weight is 240 g/mol. The zero-order chi connectivity index (χ0) is 13.3. The van der Waals surface area contributed by atoms with Crippen LogP contribution in [0.1, 0.15) is 31.9 Å². The maximum atomic E-state index is 5.92. The molecule has 0 saturated carbocycles. The summed E-state index contributed by atoms with van der Waals surface area (Å²) in [5.41, 5.74) is 11.3. The second kappa shape index (κ2) is 4.45. The lowest BCUT2D eigenvalue weighted by Gasteiger charge is -2.19. The Hall–Kier alpha value is -1.83. The normalized spacial score (nSPS) is 11.6. The zero-order valence-electron chi connectivity index (χ0n) is 11.5. The fraction of sp³-hybridized carbons (Fsp3) is 0.312. The van der Waals surface area contributed by atoms with E-state index in [0.29, 0.717) is 0 Å². The predicted octanol–water partition coefficient (Wildman–Crippen LogP) is 3.94. The van der Waals surface area contributed by atoms with Crippen molar-refractivity contribution in [2.75, 3.05) is 5.73 Å².